The highest BCUT2D eigenvalue weighted by Gasteiger charge is 2.30. The van der Waals surface area contributed by atoms with Crippen LogP contribution in [-0.4, -0.2) is 43.1 Å². The molecule has 0 N–H and O–H groups in total. The average Bonchev–Trinajstić information content (AvgIpc) is 3.55. The first-order valence-electron chi connectivity index (χ1n) is 14.7. The number of halogens is 1. The zero-order valence-corrected chi connectivity index (χ0v) is 26.8. The highest BCUT2D eigenvalue weighted by atomic mass is 35.5. The summed E-state index contributed by atoms with van der Waals surface area (Å²) in [7, 11) is 2.49. The van der Waals surface area contributed by atoms with Crippen molar-refractivity contribution in [3.05, 3.63) is 46.2 Å². The summed E-state index contributed by atoms with van der Waals surface area (Å²) in [5, 5.41) is 16.1. The monoisotopic (exact) mass is 603 g/mol. The van der Waals surface area contributed by atoms with E-state index in [0.29, 0.717) is 29.7 Å². The van der Waals surface area contributed by atoms with Crippen LogP contribution in [0.4, 0.5) is 0 Å². The molecule has 0 spiro atoms. The van der Waals surface area contributed by atoms with Crippen molar-refractivity contribution in [2.24, 2.45) is 20.0 Å². The first-order valence-corrected chi connectivity index (χ1v) is 18.8. The van der Waals surface area contributed by atoms with Gasteiger partial charge in [-0.05, 0) is 55.3 Å². The summed E-state index contributed by atoms with van der Waals surface area (Å²) in [6.07, 6.45) is 7.82. The largest absolute Gasteiger partial charge is 0.361 e. The van der Waals surface area contributed by atoms with Gasteiger partial charge in [-0.1, -0.05) is 37.3 Å². The van der Waals surface area contributed by atoms with Crippen molar-refractivity contribution >= 4 is 52.6 Å². The molecule has 5 aromatic rings. The predicted octanol–water partition coefficient (Wildman–Crippen LogP) is 6.85. The first kappa shape index (κ1) is 28.7. The first-order chi connectivity index (χ1) is 20.1. The highest BCUT2D eigenvalue weighted by molar-refractivity contribution is 6.76. The third-order valence-electron chi connectivity index (χ3n) is 8.87. The van der Waals surface area contributed by atoms with Gasteiger partial charge in [-0.3, -0.25) is 18.4 Å². The molecule has 1 aliphatic carbocycles. The number of pyridine rings is 1. The topological polar surface area (TPSA) is 95.6 Å². The van der Waals surface area contributed by atoms with Crippen molar-refractivity contribution in [2.45, 2.75) is 70.6 Å². The van der Waals surface area contributed by atoms with Crippen molar-refractivity contribution in [3.8, 4) is 17.2 Å². The fourth-order valence-electron chi connectivity index (χ4n) is 6.41. The van der Waals surface area contributed by atoms with E-state index in [9.17, 15) is 10.1 Å². The number of hydrogen-bond donors (Lipinski definition) is 0. The lowest BCUT2D eigenvalue weighted by Crippen LogP contribution is -2.28. The van der Waals surface area contributed by atoms with Gasteiger partial charge in [0.25, 0.3) is 0 Å². The van der Waals surface area contributed by atoms with E-state index in [4.69, 9.17) is 21.3 Å². The number of benzene rings is 1. The minimum Gasteiger partial charge on any atom is -0.361 e. The van der Waals surface area contributed by atoms with E-state index in [-0.39, 0.29) is 18.5 Å². The van der Waals surface area contributed by atoms with Crippen LogP contribution in [0.1, 0.15) is 38.1 Å². The summed E-state index contributed by atoms with van der Waals surface area (Å²) >= 11 is 7.26. The van der Waals surface area contributed by atoms with E-state index in [0.717, 1.165) is 70.2 Å². The molecule has 42 heavy (non-hydrogen) atoms. The van der Waals surface area contributed by atoms with Gasteiger partial charge >= 0.3 is 5.69 Å². The summed E-state index contributed by atoms with van der Waals surface area (Å²) in [5.74, 6) is 0.393. The Hall–Kier alpha value is -3.39. The molecule has 1 aliphatic rings. The fraction of sp³-hybridized carbons (Fsp3) is 0.484. The zero-order valence-electron chi connectivity index (χ0n) is 25.0. The Labute approximate surface area is 251 Å². The molecule has 1 aromatic carbocycles. The van der Waals surface area contributed by atoms with Gasteiger partial charge in [0.1, 0.15) is 17.5 Å². The Kier molecular flexibility index (Phi) is 7.54. The van der Waals surface area contributed by atoms with Gasteiger partial charge in [0.15, 0.2) is 0 Å². The average molecular weight is 604 g/mol. The van der Waals surface area contributed by atoms with Crippen molar-refractivity contribution in [1.29, 1.82) is 5.26 Å². The molecule has 0 atom stereocenters. The van der Waals surface area contributed by atoms with E-state index in [1.54, 1.807) is 10.8 Å². The Morgan fingerprint density at radius 2 is 1.88 bits per heavy atom. The van der Waals surface area contributed by atoms with Gasteiger partial charge in [-0.15, -0.1) is 0 Å². The number of nitrogens with zero attached hydrogens (tertiary/aromatic N) is 7. The molecule has 4 heterocycles. The maximum Gasteiger partial charge on any atom is 0.329 e. The summed E-state index contributed by atoms with van der Waals surface area (Å²) in [4.78, 5) is 18.7. The van der Waals surface area contributed by atoms with Crippen molar-refractivity contribution in [2.75, 3.05) is 6.61 Å². The number of nitriles is 1. The number of aromatic nitrogens is 6. The molecule has 1 fully saturated rings. The second-order valence-corrected chi connectivity index (χ2v) is 18.9. The normalized spacial score (nSPS) is 17.9. The smallest absolute Gasteiger partial charge is 0.329 e. The molecule has 0 saturated heterocycles. The van der Waals surface area contributed by atoms with Crippen LogP contribution in [0.2, 0.25) is 30.8 Å². The van der Waals surface area contributed by atoms with Crippen molar-refractivity contribution in [1.82, 2.24) is 28.5 Å². The quantitative estimate of drug-likeness (QED) is 0.143. The molecule has 0 unspecified atom stereocenters. The van der Waals surface area contributed by atoms with Crippen molar-refractivity contribution < 1.29 is 4.74 Å². The molecule has 1 saturated carbocycles. The molecule has 4 aromatic heterocycles. The van der Waals surface area contributed by atoms with Crippen LogP contribution < -0.4 is 5.69 Å². The van der Waals surface area contributed by atoms with Crippen LogP contribution in [0, 0.1) is 17.2 Å². The van der Waals surface area contributed by atoms with Gasteiger partial charge < -0.3 is 4.74 Å². The van der Waals surface area contributed by atoms with E-state index < -0.39 is 8.07 Å². The fourth-order valence-corrected chi connectivity index (χ4v) is 7.50. The lowest BCUT2D eigenvalue weighted by atomic mass is 9.84. The van der Waals surface area contributed by atoms with Gasteiger partial charge in [-0.25, -0.2) is 9.78 Å². The maximum atomic E-state index is 13.8. The number of fused-ring (bicyclic) bond motifs is 4. The Balaban J connectivity index is 1.56. The lowest BCUT2D eigenvalue weighted by Gasteiger charge is -2.28. The van der Waals surface area contributed by atoms with Crippen LogP contribution in [-0.2, 0) is 25.6 Å². The number of rotatable bonds is 8. The predicted molar refractivity (Wildman–Crippen MR) is 171 cm³/mol. The number of aryl methyl sites for hydroxylation is 2. The highest BCUT2D eigenvalue weighted by Crippen LogP contribution is 2.43. The van der Waals surface area contributed by atoms with Crippen LogP contribution in [0.5, 0.6) is 0 Å². The molecule has 0 bridgehead atoms. The second-order valence-electron chi connectivity index (χ2n) is 12.9. The Morgan fingerprint density at radius 3 is 2.60 bits per heavy atom. The third kappa shape index (κ3) is 4.97. The minimum absolute atomic E-state index is 0.0468. The van der Waals surface area contributed by atoms with Crippen LogP contribution in [0.15, 0.2) is 35.4 Å². The summed E-state index contributed by atoms with van der Waals surface area (Å²) in [6.45, 7) is 7.95. The molecule has 220 valence electrons. The maximum absolute atomic E-state index is 13.8. The van der Waals surface area contributed by atoms with Crippen LogP contribution in [0.25, 0.3) is 44.1 Å². The Bertz CT molecular complexity index is 1890. The molecule has 6 rings (SSSR count). The molecular formula is C31H38ClN7O2Si. The van der Waals surface area contributed by atoms with E-state index in [2.05, 4.69) is 49.0 Å². The second kappa shape index (κ2) is 11.0. The lowest BCUT2D eigenvalue weighted by molar-refractivity contribution is 0.0901. The Morgan fingerprint density at radius 1 is 1.12 bits per heavy atom. The van der Waals surface area contributed by atoms with E-state index >= 15 is 0 Å². The number of ether oxygens (including phenoxy) is 1. The molecular weight excluding hydrogens is 566 g/mol. The van der Waals surface area contributed by atoms with Gasteiger partial charge in [0, 0.05) is 52.2 Å². The molecule has 0 aliphatic heterocycles. The molecule has 11 heteroatoms. The van der Waals surface area contributed by atoms with Crippen LogP contribution in [0.3, 0.4) is 0 Å². The van der Waals surface area contributed by atoms with E-state index in [1.165, 1.54) is 0 Å². The number of hydrogen-bond acceptors (Lipinski definition) is 5. The molecule has 9 nitrogen and oxygen atoms in total. The van der Waals surface area contributed by atoms with Gasteiger partial charge in [0.2, 0.25) is 0 Å². The standard InChI is InChI=1S/C31H38ClN7O2Si/c1-36-25-18-34-30-27(28(25)39(31(36)40)23-9-6-20(7-10-23)12-13-33)26(21-8-11-24-22(16-21)17-35-37(24)2)29(32)38(30)19-41-14-15-42(3,4)5/h8,11,16-18,20,23H,6-7,9-10,12,14-15,19H2,1-5H3. The number of imidazole rings is 1. The minimum atomic E-state index is -1.26. The third-order valence-corrected chi connectivity index (χ3v) is 11.0. The van der Waals surface area contributed by atoms with Gasteiger partial charge in [0.05, 0.1) is 40.4 Å². The summed E-state index contributed by atoms with van der Waals surface area (Å²) in [6, 6.07) is 9.66. The SMILES string of the molecule is Cn1ncc2cc(-c3c(Cl)n(COCC[Si](C)(C)C)c4ncc5c(c34)n(C3CCC(CC#N)CC3)c(=O)n5C)ccc21. The van der Waals surface area contributed by atoms with Crippen molar-refractivity contribution in [3.63, 3.8) is 0 Å². The van der Waals surface area contributed by atoms with E-state index in [1.807, 2.05) is 34.1 Å². The zero-order chi connectivity index (χ0) is 29.8. The summed E-state index contributed by atoms with van der Waals surface area (Å²) < 4.78 is 13.7. The molecule has 0 radical (unpaired) electrons. The van der Waals surface area contributed by atoms with Gasteiger partial charge in [-0.2, -0.15) is 10.4 Å². The van der Waals surface area contributed by atoms with Crippen LogP contribution >= 0.6 is 11.6 Å². The molecule has 0 amide bonds. The summed E-state index contributed by atoms with van der Waals surface area (Å²) in [5.41, 5.74) is 5.13.